The zero-order valence-corrected chi connectivity index (χ0v) is 9.03. The van der Waals surface area contributed by atoms with Crippen molar-refractivity contribution in [2.75, 3.05) is 7.05 Å². The number of nitrogens with one attached hydrogen (secondary N) is 1. The van der Waals surface area contributed by atoms with Crippen molar-refractivity contribution in [2.24, 2.45) is 0 Å². The molecule has 0 spiro atoms. The van der Waals surface area contributed by atoms with Crippen LogP contribution in [-0.2, 0) is 13.0 Å². The molecule has 0 aliphatic rings. The zero-order chi connectivity index (χ0) is 11.4. The summed E-state index contributed by atoms with van der Waals surface area (Å²) in [4.78, 5) is 4.10. The van der Waals surface area contributed by atoms with Crippen LogP contribution in [-0.4, -0.2) is 12.0 Å². The van der Waals surface area contributed by atoms with Gasteiger partial charge in [0.25, 0.3) is 0 Å². The number of rotatable bonds is 4. The fraction of sp³-hybridized carbons (Fsp3) is 0.250. The Hall–Kier alpha value is -1.68. The van der Waals surface area contributed by atoms with Gasteiger partial charge in [0.1, 0.15) is 11.6 Å². The standard InChI is InChI=1S/C12H13FN2O/c1-14-7-10-8-15-12(16-10)6-9-4-2-3-5-11(9)13/h2-5,8,14H,6-7H2,1H3. The minimum atomic E-state index is -0.226. The first kappa shape index (κ1) is 10.8. The van der Waals surface area contributed by atoms with Gasteiger partial charge < -0.3 is 9.73 Å². The molecular formula is C12H13FN2O. The van der Waals surface area contributed by atoms with Crippen molar-refractivity contribution in [3.63, 3.8) is 0 Å². The zero-order valence-electron chi connectivity index (χ0n) is 9.03. The molecule has 0 aliphatic carbocycles. The van der Waals surface area contributed by atoms with Gasteiger partial charge in [0.15, 0.2) is 5.89 Å². The lowest BCUT2D eigenvalue weighted by Gasteiger charge is -1.98. The highest BCUT2D eigenvalue weighted by atomic mass is 19.1. The fourth-order valence-corrected chi connectivity index (χ4v) is 1.49. The van der Waals surface area contributed by atoms with Crippen LogP contribution in [0.2, 0.25) is 0 Å². The third-order valence-electron chi connectivity index (χ3n) is 2.25. The molecule has 4 heteroatoms. The van der Waals surface area contributed by atoms with Crippen LogP contribution in [0.4, 0.5) is 4.39 Å². The number of oxazole rings is 1. The summed E-state index contributed by atoms with van der Waals surface area (Å²) in [5.74, 6) is 1.07. The molecule has 2 rings (SSSR count). The fourth-order valence-electron chi connectivity index (χ4n) is 1.49. The van der Waals surface area contributed by atoms with E-state index in [1.165, 1.54) is 6.07 Å². The quantitative estimate of drug-likeness (QED) is 0.857. The first-order valence-corrected chi connectivity index (χ1v) is 5.11. The normalized spacial score (nSPS) is 10.6. The SMILES string of the molecule is CNCc1cnc(Cc2ccccc2F)o1. The van der Waals surface area contributed by atoms with Gasteiger partial charge in [-0.1, -0.05) is 18.2 Å². The van der Waals surface area contributed by atoms with E-state index in [-0.39, 0.29) is 5.82 Å². The summed E-state index contributed by atoms with van der Waals surface area (Å²) in [6.45, 7) is 0.629. The molecule has 0 aliphatic heterocycles. The van der Waals surface area contributed by atoms with Crippen LogP contribution in [0.25, 0.3) is 0 Å². The number of nitrogens with zero attached hydrogens (tertiary/aromatic N) is 1. The lowest BCUT2D eigenvalue weighted by molar-refractivity contribution is 0.451. The molecule has 0 atom stereocenters. The highest BCUT2D eigenvalue weighted by Gasteiger charge is 2.07. The van der Waals surface area contributed by atoms with Crippen molar-refractivity contribution in [1.82, 2.24) is 10.3 Å². The molecule has 84 valence electrons. The molecular weight excluding hydrogens is 207 g/mol. The van der Waals surface area contributed by atoms with Gasteiger partial charge in [0.2, 0.25) is 0 Å². The molecule has 0 bridgehead atoms. The monoisotopic (exact) mass is 220 g/mol. The van der Waals surface area contributed by atoms with Gasteiger partial charge in [0, 0.05) is 0 Å². The van der Waals surface area contributed by atoms with Gasteiger partial charge in [-0.2, -0.15) is 0 Å². The lowest BCUT2D eigenvalue weighted by atomic mass is 10.1. The molecule has 2 aromatic rings. The van der Waals surface area contributed by atoms with Crippen molar-refractivity contribution < 1.29 is 8.81 Å². The van der Waals surface area contributed by atoms with Crippen molar-refractivity contribution in [3.05, 3.63) is 53.5 Å². The third-order valence-corrected chi connectivity index (χ3v) is 2.25. The van der Waals surface area contributed by atoms with Crippen LogP contribution in [0.5, 0.6) is 0 Å². The minimum absolute atomic E-state index is 0.226. The summed E-state index contributed by atoms with van der Waals surface area (Å²) in [5.41, 5.74) is 0.598. The first-order valence-electron chi connectivity index (χ1n) is 5.11. The van der Waals surface area contributed by atoms with Gasteiger partial charge in [-0.05, 0) is 18.7 Å². The Kier molecular flexibility index (Phi) is 3.31. The average molecular weight is 220 g/mol. The topological polar surface area (TPSA) is 38.1 Å². The molecule has 0 radical (unpaired) electrons. The summed E-state index contributed by atoms with van der Waals surface area (Å²) in [7, 11) is 1.83. The Morgan fingerprint density at radius 1 is 1.38 bits per heavy atom. The van der Waals surface area contributed by atoms with Gasteiger partial charge in [-0.3, -0.25) is 0 Å². The van der Waals surface area contributed by atoms with E-state index in [0.29, 0.717) is 24.4 Å². The molecule has 1 heterocycles. The second-order valence-electron chi connectivity index (χ2n) is 3.52. The van der Waals surface area contributed by atoms with Crippen molar-refractivity contribution in [2.45, 2.75) is 13.0 Å². The Morgan fingerprint density at radius 3 is 2.94 bits per heavy atom. The highest BCUT2D eigenvalue weighted by Crippen LogP contribution is 2.13. The van der Waals surface area contributed by atoms with E-state index in [0.717, 1.165) is 5.76 Å². The van der Waals surface area contributed by atoms with E-state index in [1.807, 2.05) is 7.05 Å². The van der Waals surface area contributed by atoms with E-state index in [2.05, 4.69) is 10.3 Å². The summed E-state index contributed by atoms with van der Waals surface area (Å²) in [6.07, 6.45) is 2.04. The molecule has 1 aromatic heterocycles. The van der Waals surface area contributed by atoms with Crippen LogP contribution < -0.4 is 5.32 Å². The number of hydrogen-bond acceptors (Lipinski definition) is 3. The largest absolute Gasteiger partial charge is 0.444 e. The lowest BCUT2D eigenvalue weighted by Crippen LogP contribution is -2.03. The average Bonchev–Trinajstić information content (AvgIpc) is 2.70. The molecule has 0 amide bonds. The second-order valence-corrected chi connectivity index (χ2v) is 3.52. The molecule has 1 aromatic carbocycles. The van der Waals surface area contributed by atoms with E-state index in [4.69, 9.17) is 4.42 Å². The third kappa shape index (κ3) is 2.46. The van der Waals surface area contributed by atoms with E-state index >= 15 is 0 Å². The predicted octanol–water partition coefficient (Wildman–Crippen LogP) is 2.12. The van der Waals surface area contributed by atoms with E-state index < -0.39 is 0 Å². The maximum absolute atomic E-state index is 13.3. The smallest absolute Gasteiger partial charge is 0.198 e. The summed E-state index contributed by atoms with van der Waals surface area (Å²) >= 11 is 0. The molecule has 0 saturated heterocycles. The summed E-state index contributed by atoms with van der Waals surface area (Å²) < 4.78 is 18.8. The number of halogens is 1. The Balaban J connectivity index is 2.11. The van der Waals surface area contributed by atoms with Gasteiger partial charge in [-0.15, -0.1) is 0 Å². The van der Waals surface area contributed by atoms with Gasteiger partial charge >= 0.3 is 0 Å². The van der Waals surface area contributed by atoms with E-state index in [1.54, 1.807) is 24.4 Å². The van der Waals surface area contributed by atoms with E-state index in [9.17, 15) is 4.39 Å². The molecule has 0 saturated carbocycles. The maximum Gasteiger partial charge on any atom is 0.198 e. The molecule has 0 fully saturated rings. The number of aromatic nitrogens is 1. The Labute approximate surface area is 93.3 Å². The van der Waals surface area contributed by atoms with Crippen LogP contribution in [0.1, 0.15) is 17.2 Å². The first-order chi connectivity index (χ1) is 7.79. The van der Waals surface area contributed by atoms with Gasteiger partial charge in [-0.25, -0.2) is 9.37 Å². The van der Waals surface area contributed by atoms with Crippen LogP contribution in [0.3, 0.4) is 0 Å². The minimum Gasteiger partial charge on any atom is -0.444 e. The molecule has 1 N–H and O–H groups in total. The van der Waals surface area contributed by atoms with Crippen LogP contribution >= 0.6 is 0 Å². The maximum atomic E-state index is 13.3. The molecule has 16 heavy (non-hydrogen) atoms. The van der Waals surface area contributed by atoms with Crippen LogP contribution in [0.15, 0.2) is 34.9 Å². The second kappa shape index (κ2) is 4.90. The Bertz CT molecular complexity index is 468. The van der Waals surface area contributed by atoms with Crippen molar-refractivity contribution in [3.8, 4) is 0 Å². The molecule has 0 unspecified atom stereocenters. The van der Waals surface area contributed by atoms with Crippen molar-refractivity contribution in [1.29, 1.82) is 0 Å². The van der Waals surface area contributed by atoms with Gasteiger partial charge in [0.05, 0.1) is 19.2 Å². The number of benzene rings is 1. The summed E-state index contributed by atoms with van der Waals surface area (Å²) in [5, 5.41) is 2.96. The number of hydrogen-bond donors (Lipinski definition) is 1. The Morgan fingerprint density at radius 2 is 2.19 bits per heavy atom. The van der Waals surface area contributed by atoms with Crippen LogP contribution in [0, 0.1) is 5.82 Å². The summed E-state index contributed by atoms with van der Waals surface area (Å²) in [6, 6.07) is 6.64. The molecule has 3 nitrogen and oxygen atoms in total. The highest BCUT2D eigenvalue weighted by molar-refractivity contribution is 5.20. The predicted molar refractivity (Wildman–Crippen MR) is 58.5 cm³/mol. The van der Waals surface area contributed by atoms with Crippen molar-refractivity contribution >= 4 is 0 Å².